The van der Waals surface area contributed by atoms with Crippen LogP contribution in [0, 0.1) is 5.82 Å². The highest BCUT2D eigenvalue weighted by molar-refractivity contribution is 5.95. The average Bonchev–Trinajstić information content (AvgIpc) is 3.46. The Morgan fingerprint density at radius 1 is 1.12 bits per heavy atom. The molecule has 0 aromatic heterocycles. The van der Waals surface area contributed by atoms with E-state index in [1.807, 2.05) is 9.80 Å². The molecule has 34 heavy (non-hydrogen) atoms. The molecule has 8 nitrogen and oxygen atoms in total. The lowest BCUT2D eigenvalue weighted by Crippen LogP contribution is -2.53. The normalized spacial score (nSPS) is 25.0. The molecule has 0 radical (unpaired) electrons. The van der Waals surface area contributed by atoms with Crippen molar-refractivity contribution in [2.24, 2.45) is 0 Å². The molecule has 3 saturated heterocycles. The molecule has 4 aliphatic rings. The van der Waals surface area contributed by atoms with Gasteiger partial charge in [-0.05, 0) is 62.5 Å². The van der Waals surface area contributed by atoms with Gasteiger partial charge in [-0.1, -0.05) is 0 Å². The van der Waals surface area contributed by atoms with Crippen molar-refractivity contribution in [2.75, 3.05) is 64.9 Å². The Kier molecular flexibility index (Phi) is 6.41. The molecule has 4 heterocycles. The second-order valence-electron chi connectivity index (χ2n) is 10.3. The number of likely N-dealkylation sites (tertiary alicyclic amines) is 2. The number of nitrogens with zero attached hydrogens (tertiary/aromatic N) is 4. The predicted molar refractivity (Wildman–Crippen MR) is 126 cm³/mol. The summed E-state index contributed by atoms with van der Waals surface area (Å²) in [5.41, 5.74) is 1.61. The predicted octanol–water partition coefficient (Wildman–Crippen LogP) is 3.05. The fourth-order valence-corrected chi connectivity index (χ4v) is 6.03. The van der Waals surface area contributed by atoms with Gasteiger partial charge < -0.3 is 24.2 Å². The van der Waals surface area contributed by atoms with Crippen molar-refractivity contribution >= 4 is 17.8 Å². The first kappa shape index (κ1) is 23.4. The summed E-state index contributed by atoms with van der Waals surface area (Å²) in [6.07, 6.45) is 4.10. The lowest BCUT2D eigenvalue weighted by molar-refractivity contribution is 0.0336. The summed E-state index contributed by atoms with van der Waals surface area (Å²) in [5, 5.41) is 0. The highest BCUT2D eigenvalue weighted by atomic mass is 19.1. The van der Waals surface area contributed by atoms with Crippen LogP contribution in [0.15, 0.2) is 18.2 Å². The molecule has 9 heteroatoms. The van der Waals surface area contributed by atoms with Gasteiger partial charge in [-0.25, -0.2) is 14.0 Å². The highest BCUT2D eigenvalue weighted by Gasteiger charge is 2.47. The van der Waals surface area contributed by atoms with Crippen molar-refractivity contribution in [3.63, 3.8) is 0 Å². The zero-order valence-electron chi connectivity index (χ0n) is 20.2. The van der Waals surface area contributed by atoms with Crippen LogP contribution in [0.1, 0.15) is 37.7 Å². The standard InChI is InChI=1S/C25H35FN4O4/c1-27(2)23(31)30-17-25(21-15-18(26)3-4-22(21)30)8-12-28(13-9-25)19-5-10-29(11-6-19)24(32)34-20-7-14-33-16-20/h3-4,15,19-20H,5-14,16-17H2,1-2H3/t20-/m0/s1. The summed E-state index contributed by atoms with van der Waals surface area (Å²) in [4.78, 5) is 33.0. The maximum atomic E-state index is 14.2. The first-order valence-corrected chi connectivity index (χ1v) is 12.4. The molecule has 3 fully saturated rings. The van der Waals surface area contributed by atoms with E-state index < -0.39 is 0 Å². The highest BCUT2D eigenvalue weighted by Crippen LogP contribution is 2.48. The fourth-order valence-electron chi connectivity index (χ4n) is 6.03. The number of carbonyl (C=O) groups excluding carboxylic acids is 2. The third-order valence-electron chi connectivity index (χ3n) is 8.04. The quantitative estimate of drug-likeness (QED) is 0.659. The fraction of sp³-hybridized carbons (Fsp3) is 0.680. The Labute approximate surface area is 200 Å². The van der Waals surface area contributed by atoms with Crippen molar-refractivity contribution in [1.29, 1.82) is 0 Å². The van der Waals surface area contributed by atoms with Crippen LogP contribution in [0.2, 0.25) is 0 Å². The molecule has 0 bridgehead atoms. The molecule has 4 aliphatic heterocycles. The van der Waals surface area contributed by atoms with Gasteiger partial charge in [-0.3, -0.25) is 4.90 Å². The smallest absolute Gasteiger partial charge is 0.410 e. The molecular weight excluding hydrogens is 439 g/mol. The van der Waals surface area contributed by atoms with Crippen molar-refractivity contribution in [1.82, 2.24) is 14.7 Å². The number of fused-ring (bicyclic) bond motifs is 2. The Bertz CT molecular complexity index is 919. The minimum Gasteiger partial charge on any atom is -0.444 e. The van der Waals surface area contributed by atoms with E-state index in [-0.39, 0.29) is 29.5 Å². The number of hydrogen-bond acceptors (Lipinski definition) is 5. The Morgan fingerprint density at radius 2 is 1.85 bits per heavy atom. The van der Waals surface area contributed by atoms with E-state index in [2.05, 4.69) is 4.90 Å². The van der Waals surface area contributed by atoms with Gasteiger partial charge in [0.25, 0.3) is 0 Å². The number of anilines is 1. The van der Waals surface area contributed by atoms with Gasteiger partial charge in [0.2, 0.25) is 0 Å². The van der Waals surface area contributed by atoms with E-state index in [1.165, 1.54) is 6.07 Å². The zero-order valence-corrected chi connectivity index (χ0v) is 20.2. The lowest BCUT2D eigenvalue weighted by atomic mass is 9.74. The van der Waals surface area contributed by atoms with E-state index in [4.69, 9.17) is 9.47 Å². The Hall–Kier alpha value is -2.39. The molecule has 3 amide bonds. The largest absolute Gasteiger partial charge is 0.444 e. The molecule has 5 rings (SSSR count). The van der Waals surface area contributed by atoms with Gasteiger partial charge in [0.15, 0.2) is 0 Å². The molecule has 0 saturated carbocycles. The number of amides is 3. The summed E-state index contributed by atoms with van der Waals surface area (Å²) >= 11 is 0. The molecule has 1 aromatic carbocycles. The molecule has 186 valence electrons. The van der Waals surface area contributed by atoms with Crippen LogP contribution in [-0.4, -0.2) is 99.0 Å². The Balaban J connectivity index is 1.19. The summed E-state index contributed by atoms with van der Waals surface area (Å²) < 4.78 is 25.1. The Morgan fingerprint density at radius 3 is 2.50 bits per heavy atom. The number of piperidine rings is 2. The molecule has 1 spiro atoms. The molecule has 0 aliphatic carbocycles. The average molecular weight is 475 g/mol. The number of urea groups is 1. The van der Waals surface area contributed by atoms with Crippen LogP contribution in [0.4, 0.5) is 19.7 Å². The van der Waals surface area contributed by atoms with E-state index in [0.29, 0.717) is 38.9 Å². The summed E-state index contributed by atoms with van der Waals surface area (Å²) in [7, 11) is 3.51. The van der Waals surface area contributed by atoms with E-state index >= 15 is 0 Å². The minimum atomic E-state index is -0.247. The minimum absolute atomic E-state index is 0.0596. The third kappa shape index (κ3) is 4.35. The second-order valence-corrected chi connectivity index (χ2v) is 10.3. The van der Waals surface area contributed by atoms with Crippen LogP contribution in [-0.2, 0) is 14.9 Å². The summed E-state index contributed by atoms with van der Waals surface area (Å²) in [6, 6.07) is 5.20. The maximum absolute atomic E-state index is 14.2. The first-order chi connectivity index (χ1) is 16.4. The van der Waals surface area contributed by atoms with E-state index in [0.717, 1.165) is 56.4 Å². The van der Waals surface area contributed by atoms with Crippen molar-refractivity contribution in [3.8, 4) is 0 Å². The van der Waals surface area contributed by atoms with Gasteiger partial charge in [-0.15, -0.1) is 0 Å². The van der Waals surface area contributed by atoms with Crippen LogP contribution in [0.25, 0.3) is 0 Å². The van der Waals surface area contributed by atoms with Crippen molar-refractivity contribution in [3.05, 3.63) is 29.6 Å². The monoisotopic (exact) mass is 474 g/mol. The number of ether oxygens (including phenoxy) is 2. The molecule has 0 N–H and O–H groups in total. The number of rotatable bonds is 2. The summed E-state index contributed by atoms with van der Waals surface area (Å²) in [5.74, 6) is -0.247. The van der Waals surface area contributed by atoms with Gasteiger partial charge in [0.1, 0.15) is 11.9 Å². The maximum Gasteiger partial charge on any atom is 0.410 e. The second kappa shape index (κ2) is 9.34. The number of carbonyl (C=O) groups is 2. The van der Waals surface area contributed by atoms with Crippen LogP contribution in [0.5, 0.6) is 0 Å². The zero-order chi connectivity index (χ0) is 23.9. The first-order valence-electron chi connectivity index (χ1n) is 12.4. The number of hydrogen-bond donors (Lipinski definition) is 0. The number of halogens is 1. The molecule has 1 aromatic rings. The van der Waals surface area contributed by atoms with E-state index in [1.54, 1.807) is 31.1 Å². The summed E-state index contributed by atoms with van der Waals surface area (Å²) in [6.45, 7) is 5.00. The van der Waals surface area contributed by atoms with Crippen LogP contribution >= 0.6 is 0 Å². The van der Waals surface area contributed by atoms with Crippen LogP contribution < -0.4 is 4.90 Å². The van der Waals surface area contributed by atoms with Crippen LogP contribution in [0.3, 0.4) is 0 Å². The van der Waals surface area contributed by atoms with Gasteiger partial charge >= 0.3 is 12.1 Å². The van der Waals surface area contributed by atoms with E-state index in [9.17, 15) is 14.0 Å². The lowest BCUT2D eigenvalue weighted by Gasteiger charge is -2.45. The topological polar surface area (TPSA) is 65.6 Å². The SMILES string of the molecule is CN(C)C(=O)N1CC2(CCN(C3CCN(C(=O)O[C@H]4CCOC4)CC3)CC2)c2cc(F)ccc21. The van der Waals surface area contributed by atoms with Gasteiger partial charge in [0, 0.05) is 57.3 Å². The third-order valence-corrected chi connectivity index (χ3v) is 8.04. The molecular formula is C25H35FN4O4. The molecule has 1 atom stereocenters. The molecule has 0 unspecified atom stereocenters. The van der Waals surface area contributed by atoms with Gasteiger partial charge in [0.05, 0.1) is 13.2 Å². The van der Waals surface area contributed by atoms with Crippen molar-refractivity contribution < 1.29 is 23.5 Å². The number of benzene rings is 1. The van der Waals surface area contributed by atoms with Gasteiger partial charge in [-0.2, -0.15) is 0 Å². The van der Waals surface area contributed by atoms with Crippen molar-refractivity contribution in [2.45, 2.75) is 49.7 Å².